The number of hydrogen-bond donors (Lipinski definition) is 1. The molecule has 2 N–H and O–H groups in total. The van der Waals surface area contributed by atoms with Gasteiger partial charge in [-0.1, -0.05) is 20.8 Å². The first kappa shape index (κ1) is 11.5. The van der Waals surface area contributed by atoms with Gasteiger partial charge < -0.3 is 5.73 Å². The lowest BCUT2D eigenvalue weighted by Crippen LogP contribution is -2.37. The number of carbonyl (C=O) groups excluding carboxylic acids is 1. The minimum absolute atomic E-state index is 0.00657. The number of hydrogen-bond acceptors (Lipinski definition) is 3. The second-order valence-electron chi connectivity index (χ2n) is 4.53. The van der Waals surface area contributed by atoms with E-state index in [-0.39, 0.29) is 5.91 Å². The van der Waals surface area contributed by atoms with Crippen molar-refractivity contribution in [2.45, 2.75) is 20.8 Å². The van der Waals surface area contributed by atoms with Crippen molar-refractivity contribution in [1.29, 1.82) is 0 Å². The summed E-state index contributed by atoms with van der Waals surface area (Å²) in [6.07, 6.45) is 1.62. The Morgan fingerprint density at radius 1 is 1.47 bits per heavy atom. The number of rotatable bonds is 1. The summed E-state index contributed by atoms with van der Waals surface area (Å²) in [6, 6.07) is 3.48. The topological polar surface area (TPSA) is 59.2 Å². The minimum Gasteiger partial charge on any atom is -0.396 e. The highest BCUT2D eigenvalue weighted by Gasteiger charge is 2.27. The predicted octanol–water partition coefficient (Wildman–Crippen LogP) is 1.67. The Hall–Kier alpha value is -1.58. The van der Waals surface area contributed by atoms with E-state index in [2.05, 4.69) is 4.98 Å². The second-order valence-corrected chi connectivity index (χ2v) is 4.53. The summed E-state index contributed by atoms with van der Waals surface area (Å²) in [5.41, 5.74) is 5.83. The maximum atomic E-state index is 11.9. The number of nitrogens with zero attached hydrogens (tertiary/aromatic N) is 2. The molecule has 0 atom stereocenters. The van der Waals surface area contributed by atoms with E-state index in [1.165, 1.54) is 4.90 Å². The van der Waals surface area contributed by atoms with Gasteiger partial charge in [0, 0.05) is 18.7 Å². The number of aromatic nitrogens is 1. The molecule has 1 heterocycles. The third kappa shape index (κ3) is 2.46. The van der Waals surface area contributed by atoms with Crippen LogP contribution in [-0.4, -0.2) is 17.9 Å². The van der Waals surface area contributed by atoms with Crippen molar-refractivity contribution in [2.24, 2.45) is 5.41 Å². The van der Waals surface area contributed by atoms with E-state index in [4.69, 9.17) is 5.73 Å². The largest absolute Gasteiger partial charge is 0.396 e. The molecule has 0 aliphatic carbocycles. The molecule has 0 aliphatic heterocycles. The Morgan fingerprint density at radius 2 is 2.07 bits per heavy atom. The quantitative estimate of drug-likeness (QED) is 0.762. The van der Waals surface area contributed by atoms with Crippen molar-refractivity contribution in [1.82, 2.24) is 4.98 Å². The average molecular weight is 207 g/mol. The van der Waals surface area contributed by atoms with Crippen LogP contribution in [0.15, 0.2) is 18.3 Å². The molecule has 4 nitrogen and oxygen atoms in total. The van der Waals surface area contributed by atoms with Gasteiger partial charge in [0.1, 0.15) is 0 Å². The number of carbonyl (C=O) groups is 1. The Balaban J connectivity index is 3.01. The number of pyridine rings is 1. The first-order chi connectivity index (χ1) is 6.84. The van der Waals surface area contributed by atoms with Crippen LogP contribution < -0.4 is 10.6 Å². The van der Waals surface area contributed by atoms with Gasteiger partial charge in [-0.2, -0.15) is 0 Å². The zero-order valence-electron chi connectivity index (χ0n) is 9.61. The summed E-state index contributed by atoms with van der Waals surface area (Å²) >= 11 is 0. The number of amides is 1. The molecule has 0 aliphatic rings. The van der Waals surface area contributed by atoms with Crippen molar-refractivity contribution in [3.05, 3.63) is 18.3 Å². The summed E-state index contributed by atoms with van der Waals surface area (Å²) in [5.74, 6) is 0.505. The fraction of sp³-hybridized carbons (Fsp3) is 0.455. The lowest BCUT2D eigenvalue weighted by molar-refractivity contribution is -0.125. The van der Waals surface area contributed by atoms with Gasteiger partial charge in [-0.25, -0.2) is 4.98 Å². The standard InChI is InChI=1S/C11H17N3O/c1-11(2,3)10(15)14(4)9-8(12)6-5-7-13-9/h5-7H,12H2,1-4H3. The normalized spacial score (nSPS) is 11.2. The molecule has 0 unspecified atom stereocenters. The van der Waals surface area contributed by atoms with E-state index in [1.807, 2.05) is 20.8 Å². The zero-order valence-corrected chi connectivity index (χ0v) is 9.61. The van der Waals surface area contributed by atoms with Crippen LogP contribution in [-0.2, 0) is 4.79 Å². The average Bonchev–Trinajstić information content (AvgIpc) is 2.15. The van der Waals surface area contributed by atoms with Crippen LogP contribution in [0.25, 0.3) is 0 Å². The molecule has 0 aromatic carbocycles. The third-order valence-electron chi connectivity index (χ3n) is 2.08. The molecule has 0 saturated heterocycles. The Morgan fingerprint density at radius 3 is 2.53 bits per heavy atom. The smallest absolute Gasteiger partial charge is 0.233 e. The number of anilines is 2. The molecule has 4 heteroatoms. The fourth-order valence-electron chi connectivity index (χ4n) is 1.29. The highest BCUT2D eigenvalue weighted by atomic mass is 16.2. The van der Waals surface area contributed by atoms with Crippen LogP contribution in [0.2, 0.25) is 0 Å². The van der Waals surface area contributed by atoms with Crippen molar-refractivity contribution < 1.29 is 4.79 Å². The molecule has 0 radical (unpaired) electrons. The Labute approximate surface area is 90.1 Å². The molecular formula is C11H17N3O. The van der Waals surface area contributed by atoms with Crippen LogP contribution in [0, 0.1) is 5.41 Å². The minimum atomic E-state index is -0.432. The van der Waals surface area contributed by atoms with Gasteiger partial charge in [-0.15, -0.1) is 0 Å². The monoisotopic (exact) mass is 207 g/mol. The molecule has 82 valence electrons. The van der Waals surface area contributed by atoms with E-state index in [0.717, 1.165) is 0 Å². The van der Waals surface area contributed by atoms with Gasteiger partial charge in [0.15, 0.2) is 5.82 Å². The molecule has 0 fully saturated rings. The maximum Gasteiger partial charge on any atom is 0.233 e. The molecule has 15 heavy (non-hydrogen) atoms. The lowest BCUT2D eigenvalue weighted by atomic mass is 9.95. The highest BCUT2D eigenvalue weighted by molar-refractivity contribution is 5.97. The second kappa shape index (κ2) is 3.88. The SMILES string of the molecule is CN(C(=O)C(C)(C)C)c1ncccc1N. The Bertz CT molecular complexity index is 368. The van der Waals surface area contributed by atoms with Crippen molar-refractivity contribution in [2.75, 3.05) is 17.7 Å². The lowest BCUT2D eigenvalue weighted by Gasteiger charge is -2.25. The van der Waals surface area contributed by atoms with Crippen LogP contribution in [0.5, 0.6) is 0 Å². The summed E-state index contributed by atoms with van der Waals surface area (Å²) < 4.78 is 0. The molecule has 0 bridgehead atoms. The van der Waals surface area contributed by atoms with Crippen molar-refractivity contribution in [3.8, 4) is 0 Å². The van der Waals surface area contributed by atoms with E-state index >= 15 is 0 Å². The molecular weight excluding hydrogens is 190 g/mol. The van der Waals surface area contributed by atoms with Gasteiger partial charge in [-0.3, -0.25) is 9.69 Å². The molecule has 0 saturated carbocycles. The number of nitrogen functional groups attached to an aromatic ring is 1. The van der Waals surface area contributed by atoms with Crippen molar-refractivity contribution >= 4 is 17.4 Å². The van der Waals surface area contributed by atoms with Gasteiger partial charge >= 0.3 is 0 Å². The summed E-state index contributed by atoms with van der Waals surface area (Å²) in [5, 5.41) is 0. The van der Waals surface area contributed by atoms with Crippen LogP contribution in [0.4, 0.5) is 11.5 Å². The Kier molecular flexibility index (Phi) is 2.98. The first-order valence-electron chi connectivity index (χ1n) is 4.82. The van der Waals surface area contributed by atoms with Crippen LogP contribution in [0.3, 0.4) is 0 Å². The molecule has 1 aromatic heterocycles. The van der Waals surface area contributed by atoms with Crippen LogP contribution in [0.1, 0.15) is 20.8 Å². The molecule has 1 aromatic rings. The summed E-state index contributed by atoms with van der Waals surface area (Å²) in [7, 11) is 1.69. The van der Waals surface area contributed by atoms with E-state index in [1.54, 1.807) is 25.4 Å². The van der Waals surface area contributed by atoms with Gasteiger partial charge in [0.05, 0.1) is 5.69 Å². The molecule has 0 spiro atoms. The summed E-state index contributed by atoms with van der Waals surface area (Å²) in [6.45, 7) is 5.60. The summed E-state index contributed by atoms with van der Waals surface area (Å²) in [4.78, 5) is 17.5. The van der Waals surface area contributed by atoms with Crippen molar-refractivity contribution in [3.63, 3.8) is 0 Å². The molecule has 1 amide bonds. The molecule has 1 rings (SSSR count). The van der Waals surface area contributed by atoms with Gasteiger partial charge in [0.2, 0.25) is 5.91 Å². The maximum absolute atomic E-state index is 11.9. The van der Waals surface area contributed by atoms with E-state index < -0.39 is 5.41 Å². The number of nitrogens with two attached hydrogens (primary N) is 1. The van der Waals surface area contributed by atoms with Crippen LogP contribution >= 0.6 is 0 Å². The van der Waals surface area contributed by atoms with Gasteiger partial charge in [-0.05, 0) is 12.1 Å². The zero-order chi connectivity index (χ0) is 11.6. The van der Waals surface area contributed by atoms with E-state index in [0.29, 0.717) is 11.5 Å². The van der Waals surface area contributed by atoms with Gasteiger partial charge in [0.25, 0.3) is 0 Å². The highest BCUT2D eigenvalue weighted by Crippen LogP contribution is 2.23. The third-order valence-corrected chi connectivity index (χ3v) is 2.08. The fourth-order valence-corrected chi connectivity index (χ4v) is 1.29. The van der Waals surface area contributed by atoms with E-state index in [9.17, 15) is 4.79 Å². The first-order valence-corrected chi connectivity index (χ1v) is 4.82. The predicted molar refractivity (Wildman–Crippen MR) is 61.5 cm³/mol.